The zero-order chi connectivity index (χ0) is 20.7. The van der Waals surface area contributed by atoms with Crippen LogP contribution in [0.15, 0.2) is 48.5 Å². The molecule has 8 heteroatoms. The van der Waals surface area contributed by atoms with Gasteiger partial charge in [-0.2, -0.15) is 0 Å². The van der Waals surface area contributed by atoms with Crippen molar-refractivity contribution in [2.45, 2.75) is 26.6 Å². The first-order chi connectivity index (χ1) is 13.3. The number of nitrogens with two attached hydrogens (primary N) is 1. The minimum Gasteiger partial charge on any atom is -0.488 e. The van der Waals surface area contributed by atoms with E-state index in [0.717, 1.165) is 0 Å². The molecule has 0 heterocycles. The number of carbonyl (C=O) groups is 3. The maximum absolute atomic E-state index is 13.0. The highest BCUT2D eigenvalue weighted by atomic mass is 19.1. The molecular weight excluding hydrogens is 367 g/mol. The molecule has 2 aromatic carbocycles. The predicted octanol–water partition coefficient (Wildman–Crippen LogP) is 2.78. The molecule has 28 heavy (non-hydrogen) atoms. The molecule has 1 unspecified atom stereocenters. The number of para-hydroxylation sites is 1. The van der Waals surface area contributed by atoms with Crippen LogP contribution in [0.25, 0.3) is 0 Å². The third-order valence-corrected chi connectivity index (χ3v) is 3.76. The van der Waals surface area contributed by atoms with Crippen molar-refractivity contribution >= 4 is 17.9 Å². The van der Waals surface area contributed by atoms with Gasteiger partial charge in [-0.1, -0.05) is 38.1 Å². The Morgan fingerprint density at radius 3 is 2.32 bits per heavy atom. The number of halogens is 1. The summed E-state index contributed by atoms with van der Waals surface area (Å²) in [7, 11) is 0. The Labute approximate surface area is 161 Å². The summed E-state index contributed by atoms with van der Waals surface area (Å²) in [4.78, 5) is 35.5. The summed E-state index contributed by atoms with van der Waals surface area (Å²) in [5.41, 5.74) is 5.77. The quantitative estimate of drug-likeness (QED) is 0.709. The highest BCUT2D eigenvalue weighted by Crippen LogP contribution is 2.22. The number of hydrogen-bond donors (Lipinski definition) is 2. The van der Waals surface area contributed by atoms with E-state index in [2.05, 4.69) is 0 Å². The molecular formula is C20H21FN2O5. The number of ether oxygens (including phenoxy) is 2. The molecule has 0 aromatic heterocycles. The fourth-order valence-electron chi connectivity index (χ4n) is 2.37. The molecule has 1 atom stereocenters. The minimum atomic E-state index is -1.20. The zero-order valence-corrected chi connectivity index (χ0v) is 15.5. The van der Waals surface area contributed by atoms with Gasteiger partial charge >= 0.3 is 12.0 Å². The fraction of sp³-hybridized carbons (Fsp3) is 0.250. The zero-order valence-electron chi connectivity index (χ0n) is 15.5. The molecule has 0 aliphatic heterocycles. The molecule has 3 N–H and O–H groups in total. The summed E-state index contributed by atoms with van der Waals surface area (Å²) in [5.74, 6) is -2.10. The number of nitrogens with one attached hydrogen (secondary N) is 1. The first-order valence-electron chi connectivity index (χ1n) is 8.55. The average molecular weight is 388 g/mol. The Morgan fingerprint density at radius 1 is 1.07 bits per heavy atom. The summed E-state index contributed by atoms with van der Waals surface area (Å²) in [6.07, 6.45) is -1.20. The van der Waals surface area contributed by atoms with E-state index in [4.69, 9.17) is 15.2 Å². The van der Waals surface area contributed by atoms with Crippen molar-refractivity contribution in [1.29, 1.82) is 0 Å². The lowest BCUT2D eigenvalue weighted by molar-refractivity contribution is -0.130. The van der Waals surface area contributed by atoms with Gasteiger partial charge in [0.05, 0.1) is 0 Å². The van der Waals surface area contributed by atoms with Crippen molar-refractivity contribution in [3.8, 4) is 5.75 Å². The van der Waals surface area contributed by atoms with Crippen LogP contribution in [0.4, 0.5) is 9.18 Å². The molecule has 0 fully saturated rings. The van der Waals surface area contributed by atoms with Crippen LogP contribution in [0, 0.1) is 11.7 Å². The number of benzene rings is 2. The Morgan fingerprint density at radius 2 is 1.71 bits per heavy atom. The van der Waals surface area contributed by atoms with Crippen molar-refractivity contribution in [2.75, 3.05) is 0 Å². The molecule has 0 aliphatic rings. The van der Waals surface area contributed by atoms with Gasteiger partial charge in [0.15, 0.2) is 6.10 Å². The van der Waals surface area contributed by atoms with Crippen molar-refractivity contribution in [1.82, 2.24) is 5.32 Å². The van der Waals surface area contributed by atoms with Crippen molar-refractivity contribution in [3.05, 3.63) is 65.5 Å². The number of carbonyl (C=O) groups excluding carboxylic acids is 3. The van der Waals surface area contributed by atoms with E-state index in [1.807, 2.05) is 5.32 Å². The van der Waals surface area contributed by atoms with E-state index < -0.39 is 29.9 Å². The first-order valence-corrected chi connectivity index (χ1v) is 8.55. The second kappa shape index (κ2) is 9.50. The number of hydrogen-bond acceptors (Lipinski definition) is 5. The van der Waals surface area contributed by atoms with Gasteiger partial charge in [-0.25, -0.2) is 14.0 Å². The van der Waals surface area contributed by atoms with Crippen molar-refractivity contribution < 1.29 is 28.2 Å². The van der Waals surface area contributed by atoms with Crippen LogP contribution in [0.5, 0.6) is 5.75 Å². The van der Waals surface area contributed by atoms with E-state index in [1.54, 1.807) is 44.2 Å². The van der Waals surface area contributed by atoms with Gasteiger partial charge in [-0.15, -0.1) is 0 Å². The van der Waals surface area contributed by atoms with Crippen LogP contribution in [0.2, 0.25) is 0 Å². The van der Waals surface area contributed by atoms with Gasteiger partial charge in [0.2, 0.25) is 0 Å². The fourth-order valence-corrected chi connectivity index (χ4v) is 2.37. The molecule has 148 valence electrons. The summed E-state index contributed by atoms with van der Waals surface area (Å²) in [6, 6.07) is 11.1. The van der Waals surface area contributed by atoms with E-state index in [-0.39, 0.29) is 23.7 Å². The highest BCUT2D eigenvalue weighted by Gasteiger charge is 2.28. The molecule has 2 aromatic rings. The minimum absolute atomic E-state index is 0.111. The van der Waals surface area contributed by atoms with E-state index in [9.17, 15) is 18.8 Å². The molecule has 3 amide bonds. The molecule has 0 bridgehead atoms. The number of esters is 1. The van der Waals surface area contributed by atoms with Crippen molar-refractivity contribution in [2.24, 2.45) is 11.7 Å². The normalized spacial score (nSPS) is 11.6. The van der Waals surface area contributed by atoms with Gasteiger partial charge in [0.1, 0.15) is 23.7 Å². The second-order valence-corrected chi connectivity index (χ2v) is 6.33. The van der Waals surface area contributed by atoms with Crippen molar-refractivity contribution in [3.63, 3.8) is 0 Å². The van der Waals surface area contributed by atoms with Crippen LogP contribution in [-0.4, -0.2) is 24.0 Å². The lowest BCUT2D eigenvalue weighted by Gasteiger charge is -2.20. The van der Waals surface area contributed by atoms with E-state index in [1.165, 1.54) is 18.2 Å². The second-order valence-electron chi connectivity index (χ2n) is 6.33. The number of imide groups is 1. The lowest BCUT2D eigenvalue weighted by Crippen LogP contribution is -2.45. The van der Waals surface area contributed by atoms with Gasteiger partial charge in [-0.3, -0.25) is 10.1 Å². The monoisotopic (exact) mass is 388 g/mol. The molecule has 0 aliphatic carbocycles. The summed E-state index contributed by atoms with van der Waals surface area (Å²) in [5, 5.41) is 1.91. The Kier molecular flexibility index (Phi) is 7.08. The average Bonchev–Trinajstić information content (AvgIpc) is 2.64. The van der Waals surface area contributed by atoms with Gasteiger partial charge in [0, 0.05) is 0 Å². The molecule has 0 saturated carbocycles. The van der Waals surface area contributed by atoms with Crippen LogP contribution < -0.4 is 15.8 Å². The third kappa shape index (κ3) is 5.80. The highest BCUT2D eigenvalue weighted by molar-refractivity contribution is 5.99. The maximum Gasteiger partial charge on any atom is 0.342 e. The standard InChI is InChI=1S/C20H21FN2O5/c1-12(2)17(18(24)23-20(22)26)28-19(25)15-5-3-4-6-16(15)27-11-13-7-9-14(21)10-8-13/h3-10,12,17H,11H2,1-2H3,(H3,22,23,24,26). The summed E-state index contributed by atoms with van der Waals surface area (Å²) in [6.45, 7) is 3.44. The smallest absolute Gasteiger partial charge is 0.342 e. The molecule has 7 nitrogen and oxygen atoms in total. The third-order valence-electron chi connectivity index (χ3n) is 3.76. The predicted molar refractivity (Wildman–Crippen MR) is 98.9 cm³/mol. The molecule has 0 radical (unpaired) electrons. The van der Waals surface area contributed by atoms with Crippen LogP contribution in [0.3, 0.4) is 0 Å². The Hall–Kier alpha value is -3.42. The summed E-state index contributed by atoms with van der Waals surface area (Å²) >= 11 is 0. The number of primary amides is 1. The number of rotatable bonds is 7. The lowest BCUT2D eigenvalue weighted by atomic mass is 10.1. The van der Waals surface area contributed by atoms with Gasteiger partial charge in [-0.05, 0) is 35.7 Å². The van der Waals surface area contributed by atoms with Gasteiger partial charge < -0.3 is 15.2 Å². The Balaban J connectivity index is 2.13. The van der Waals surface area contributed by atoms with E-state index >= 15 is 0 Å². The topological polar surface area (TPSA) is 108 Å². The Bertz CT molecular complexity index is 852. The van der Waals surface area contributed by atoms with E-state index in [0.29, 0.717) is 5.56 Å². The summed E-state index contributed by atoms with van der Waals surface area (Å²) < 4.78 is 23.9. The van der Waals surface area contributed by atoms with Gasteiger partial charge in [0.25, 0.3) is 5.91 Å². The molecule has 2 rings (SSSR count). The number of urea groups is 1. The van der Waals surface area contributed by atoms with Crippen LogP contribution >= 0.6 is 0 Å². The number of amides is 3. The SMILES string of the molecule is CC(C)C(OC(=O)c1ccccc1OCc1ccc(F)cc1)C(=O)NC(N)=O. The molecule has 0 saturated heterocycles. The maximum atomic E-state index is 13.0. The van der Waals surface area contributed by atoms with Crippen LogP contribution in [-0.2, 0) is 16.1 Å². The molecule has 0 spiro atoms. The largest absolute Gasteiger partial charge is 0.488 e. The van der Waals surface area contributed by atoms with Crippen LogP contribution in [0.1, 0.15) is 29.8 Å². The first kappa shape index (κ1) is 20.9.